The predicted molar refractivity (Wildman–Crippen MR) is 64.9 cm³/mol. The summed E-state index contributed by atoms with van der Waals surface area (Å²) in [7, 11) is 0. The Morgan fingerprint density at radius 3 is 2.00 bits per heavy atom. The molecule has 0 spiro atoms. The highest BCUT2D eigenvalue weighted by Crippen LogP contribution is 2.24. The highest BCUT2D eigenvalue weighted by atomic mass is 16.3. The molecule has 92 valence electrons. The lowest BCUT2D eigenvalue weighted by molar-refractivity contribution is -0.00252. The van der Waals surface area contributed by atoms with Gasteiger partial charge in [0.15, 0.2) is 0 Å². The minimum atomic E-state index is -0.601. The van der Waals surface area contributed by atoms with Crippen LogP contribution in [-0.2, 0) is 0 Å². The summed E-state index contributed by atoms with van der Waals surface area (Å²) in [4.78, 5) is 0. The maximum absolute atomic E-state index is 10.2. The van der Waals surface area contributed by atoms with Gasteiger partial charge in [0.05, 0.1) is 5.60 Å². The molecule has 2 N–H and O–H groups in total. The van der Waals surface area contributed by atoms with Crippen molar-refractivity contribution < 1.29 is 10.2 Å². The molecule has 1 atom stereocenters. The molecule has 0 aromatic carbocycles. The van der Waals surface area contributed by atoms with Crippen molar-refractivity contribution in [2.24, 2.45) is 0 Å². The highest BCUT2D eigenvalue weighted by Gasteiger charge is 2.24. The predicted octanol–water partition coefficient (Wildman–Crippen LogP) is 3.26. The monoisotopic (exact) mass is 216 g/mol. The molecular formula is C13H28O2. The van der Waals surface area contributed by atoms with Crippen LogP contribution in [0.25, 0.3) is 0 Å². The van der Waals surface area contributed by atoms with E-state index in [9.17, 15) is 5.11 Å². The van der Waals surface area contributed by atoms with Crippen molar-refractivity contribution in [3.63, 3.8) is 0 Å². The van der Waals surface area contributed by atoms with E-state index in [2.05, 4.69) is 13.8 Å². The molecule has 1 unspecified atom stereocenters. The summed E-state index contributed by atoms with van der Waals surface area (Å²) >= 11 is 0. The van der Waals surface area contributed by atoms with E-state index >= 15 is 0 Å². The van der Waals surface area contributed by atoms with E-state index in [-0.39, 0.29) is 6.61 Å². The molecule has 0 aromatic heterocycles. The van der Waals surface area contributed by atoms with Crippen LogP contribution in [0, 0.1) is 0 Å². The Labute approximate surface area is 94.7 Å². The average molecular weight is 216 g/mol. The van der Waals surface area contributed by atoms with E-state index < -0.39 is 5.60 Å². The molecule has 15 heavy (non-hydrogen) atoms. The van der Waals surface area contributed by atoms with Gasteiger partial charge in [-0.1, -0.05) is 52.4 Å². The molecule has 0 aromatic rings. The molecule has 0 rings (SSSR count). The van der Waals surface area contributed by atoms with Crippen LogP contribution in [0.2, 0.25) is 0 Å². The molecule has 0 fully saturated rings. The van der Waals surface area contributed by atoms with E-state index in [0.717, 1.165) is 25.7 Å². The van der Waals surface area contributed by atoms with Crippen molar-refractivity contribution in [3.8, 4) is 0 Å². The van der Waals surface area contributed by atoms with Crippen LogP contribution in [0.5, 0.6) is 0 Å². The third-order valence-electron chi connectivity index (χ3n) is 3.04. The zero-order valence-electron chi connectivity index (χ0n) is 10.5. The van der Waals surface area contributed by atoms with Gasteiger partial charge in [-0.05, 0) is 19.3 Å². The van der Waals surface area contributed by atoms with Gasteiger partial charge in [0.2, 0.25) is 0 Å². The van der Waals surface area contributed by atoms with Crippen molar-refractivity contribution >= 4 is 0 Å². The number of hydrogen-bond acceptors (Lipinski definition) is 2. The average Bonchev–Trinajstić information content (AvgIpc) is 2.18. The molecule has 0 amide bonds. The van der Waals surface area contributed by atoms with E-state index in [1.165, 1.54) is 25.7 Å². The van der Waals surface area contributed by atoms with Crippen LogP contribution >= 0.6 is 0 Å². The van der Waals surface area contributed by atoms with Gasteiger partial charge >= 0.3 is 0 Å². The van der Waals surface area contributed by atoms with Crippen molar-refractivity contribution in [2.75, 3.05) is 6.61 Å². The third kappa shape index (κ3) is 7.80. The van der Waals surface area contributed by atoms with E-state index in [0.29, 0.717) is 6.42 Å². The Bertz CT molecular complexity index is 128. The second kappa shape index (κ2) is 9.17. The van der Waals surface area contributed by atoms with Crippen LogP contribution in [-0.4, -0.2) is 22.4 Å². The Morgan fingerprint density at radius 1 is 0.800 bits per heavy atom. The molecular weight excluding hydrogens is 188 g/mol. The van der Waals surface area contributed by atoms with E-state index in [1.54, 1.807) is 0 Å². The van der Waals surface area contributed by atoms with Gasteiger partial charge < -0.3 is 10.2 Å². The standard InChI is InChI=1S/C13H28O2/c1-3-5-6-7-8-10-13(15,9-4-2)11-12-14/h14-15H,3-12H2,1-2H3. The van der Waals surface area contributed by atoms with Gasteiger partial charge in [0.1, 0.15) is 0 Å². The topological polar surface area (TPSA) is 40.5 Å². The van der Waals surface area contributed by atoms with E-state index in [1.807, 2.05) is 0 Å². The largest absolute Gasteiger partial charge is 0.396 e. The minimum absolute atomic E-state index is 0.103. The Morgan fingerprint density at radius 2 is 1.47 bits per heavy atom. The van der Waals surface area contributed by atoms with Crippen molar-refractivity contribution in [1.82, 2.24) is 0 Å². The molecule has 0 saturated carbocycles. The smallest absolute Gasteiger partial charge is 0.0669 e. The van der Waals surface area contributed by atoms with Gasteiger partial charge in [-0.2, -0.15) is 0 Å². The molecule has 2 heteroatoms. The normalized spacial score (nSPS) is 15.2. The highest BCUT2D eigenvalue weighted by molar-refractivity contribution is 4.77. The molecule has 0 aliphatic carbocycles. The fraction of sp³-hybridized carbons (Fsp3) is 1.00. The summed E-state index contributed by atoms with van der Waals surface area (Å²) in [5.41, 5.74) is -0.601. The maximum Gasteiger partial charge on any atom is 0.0669 e. The van der Waals surface area contributed by atoms with Gasteiger partial charge in [-0.3, -0.25) is 0 Å². The van der Waals surface area contributed by atoms with Gasteiger partial charge in [0.25, 0.3) is 0 Å². The Balaban J connectivity index is 3.65. The summed E-state index contributed by atoms with van der Waals surface area (Å²) in [6.07, 6.45) is 9.34. The fourth-order valence-corrected chi connectivity index (χ4v) is 2.11. The Hall–Kier alpha value is -0.0800. The first-order valence-electron chi connectivity index (χ1n) is 6.51. The van der Waals surface area contributed by atoms with Crippen molar-refractivity contribution in [3.05, 3.63) is 0 Å². The zero-order valence-corrected chi connectivity index (χ0v) is 10.5. The summed E-state index contributed by atoms with van der Waals surface area (Å²) in [5, 5.41) is 19.1. The zero-order chi connectivity index (χ0) is 11.6. The molecule has 0 bridgehead atoms. The summed E-state index contributed by atoms with van der Waals surface area (Å²) < 4.78 is 0. The first kappa shape index (κ1) is 14.9. The summed E-state index contributed by atoms with van der Waals surface area (Å²) in [5.74, 6) is 0. The number of hydrogen-bond donors (Lipinski definition) is 2. The lowest BCUT2D eigenvalue weighted by atomic mass is 9.88. The molecule has 2 nitrogen and oxygen atoms in total. The number of aliphatic hydroxyl groups excluding tert-OH is 1. The van der Waals surface area contributed by atoms with Crippen molar-refractivity contribution in [2.45, 2.75) is 77.2 Å². The van der Waals surface area contributed by atoms with Crippen LogP contribution in [0.15, 0.2) is 0 Å². The number of aliphatic hydroxyl groups is 2. The lowest BCUT2D eigenvalue weighted by Gasteiger charge is -2.27. The second-order valence-electron chi connectivity index (χ2n) is 4.61. The molecule has 0 heterocycles. The molecule has 0 saturated heterocycles. The SMILES string of the molecule is CCCCCCCC(O)(CCC)CCO. The van der Waals surface area contributed by atoms with Crippen LogP contribution in [0.4, 0.5) is 0 Å². The van der Waals surface area contributed by atoms with Crippen LogP contribution in [0.1, 0.15) is 71.6 Å². The maximum atomic E-state index is 10.2. The minimum Gasteiger partial charge on any atom is -0.396 e. The molecule has 0 aliphatic rings. The van der Waals surface area contributed by atoms with Gasteiger partial charge in [-0.25, -0.2) is 0 Å². The molecule has 0 aliphatic heterocycles. The fourth-order valence-electron chi connectivity index (χ4n) is 2.11. The Kier molecular flexibility index (Phi) is 9.12. The third-order valence-corrected chi connectivity index (χ3v) is 3.04. The second-order valence-corrected chi connectivity index (χ2v) is 4.61. The van der Waals surface area contributed by atoms with Gasteiger partial charge in [0, 0.05) is 6.61 Å². The van der Waals surface area contributed by atoms with Crippen molar-refractivity contribution in [1.29, 1.82) is 0 Å². The summed E-state index contributed by atoms with van der Waals surface area (Å²) in [6.45, 7) is 4.39. The lowest BCUT2D eigenvalue weighted by Crippen LogP contribution is -2.29. The number of rotatable bonds is 10. The first-order valence-corrected chi connectivity index (χ1v) is 6.51. The van der Waals surface area contributed by atoms with Gasteiger partial charge in [-0.15, -0.1) is 0 Å². The molecule has 0 radical (unpaired) electrons. The van der Waals surface area contributed by atoms with Crippen LogP contribution in [0.3, 0.4) is 0 Å². The van der Waals surface area contributed by atoms with E-state index in [4.69, 9.17) is 5.11 Å². The summed E-state index contributed by atoms with van der Waals surface area (Å²) in [6, 6.07) is 0. The number of unbranched alkanes of at least 4 members (excludes halogenated alkanes) is 4. The quantitative estimate of drug-likeness (QED) is 0.550. The van der Waals surface area contributed by atoms with Crippen LogP contribution < -0.4 is 0 Å². The first-order chi connectivity index (χ1) is 7.18.